The Balaban J connectivity index is 0. The molecule has 0 saturated heterocycles. The van der Waals surface area contributed by atoms with E-state index in [0.29, 0.717) is 0 Å². The smallest absolute Gasteiger partial charge is 0.0484 e. The Hall–Kier alpha value is -0.160. The van der Waals surface area contributed by atoms with E-state index >= 15 is 0 Å². The maximum absolute atomic E-state index is 7.75. The second-order valence-corrected chi connectivity index (χ2v) is 0.689. The highest BCUT2D eigenvalue weighted by Gasteiger charge is 1.76. The van der Waals surface area contributed by atoms with Gasteiger partial charge in [-0.15, -0.1) is 0 Å². The molecule has 0 amide bonds. The van der Waals surface area contributed by atoms with Gasteiger partial charge in [0.2, 0.25) is 0 Å². The van der Waals surface area contributed by atoms with Crippen LogP contribution in [0.3, 0.4) is 0 Å². The molecule has 0 heterocycles. The van der Waals surface area contributed by atoms with E-state index in [1.54, 1.807) is 6.92 Å². The van der Waals surface area contributed by atoms with E-state index < -0.39 is 0 Å². The highest BCUT2D eigenvalue weighted by Crippen LogP contribution is 1.61. The van der Waals surface area contributed by atoms with Crippen molar-refractivity contribution in [3.8, 4) is 0 Å². The quantitative estimate of drug-likeness (QED) is 0.421. The first-order valence-electron chi connectivity index (χ1n) is 1.42. The standard InChI is InChI=1S/C2H7NO2.H2O/c1-2-3(4)5;/h4-5H,2H2,1H3;1H2. The summed E-state index contributed by atoms with van der Waals surface area (Å²) in [7, 11) is 0. The molecule has 0 bridgehead atoms. The second-order valence-electron chi connectivity index (χ2n) is 0.689. The van der Waals surface area contributed by atoms with E-state index in [4.69, 9.17) is 10.4 Å². The predicted octanol–water partition coefficient (Wildman–Crippen LogP) is -0.738. The molecule has 40 valence electrons. The van der Waals surface area contributed by atoms with E-state index in [0.717, 1.165) is 0 Å². The van der Waals surface area contributed by atoms with Gasteiger partial charge in [0.05, 0.1) is 0 Å². The third-order valence-corrected chi connectivity index (χ3v) is 0.283. The van der Waals surface area contributed by atoms with Crippen LogP contribution in [-0.4, -0.2) is 27.7 Å². The van der Waals surface area contributed by atoms with Crippen molar-refractivity contribution in [1.82, 2.24) is 5.23 Å². The van der Waals surface area contributed by atoms with Crippen molar-refractivity contribution in [1.29, 1.82) is 0 Å². The first kappa shape index (κ1) is 9.28. The van der Waals surface area contributed by atoms with Crippen molar-refractivity contribution in [3.63, 3.8) is 0 Å². The second kappa shape index (κ2) is 4.84. The van der Waals surface area contributed by atoms with Crippen LogP contribution in [0.5, 0.6) is 0 Å². The zero-order chi connectivity index (χ0) is 4.28. The maximum Gasteiger partial charge on any atom is 0.0484 e. The van der Waals surface area contributed by atoms with Crippen LogP contribution in [-0.2, 0) is 0 Å². The van der Waals surface area contributed by atoms with Crippen LogP contribution >= 0.6 is 0 Å². The minimum Gasteiger partial charge on any atom is -0.412 e. The largest absolute Gasteiger partial charge is 0.412 e. The molecule has 0 rings (SSSR count). The van der Waals surface area contributed by atoms with Crippen LogP contribution in [0.15, 0.2) is 0 Å². The fourth-order valence-corrected chi connectivity index (χ4v) is 0. The Kier molecular flexibility index (Phi) is 7.48. The highest BCUT2D eigenvalue weighted by atomic mass is 16.8. The topological polar surface area (TPSA) is 75.2 Å². The summed E-state index contributed by atoms with van der Waals surface area (Å²) in [6.45, 7) is 1.88. The molecular weight excluding hydrogens is 86.0 g/mol. The van der Waals surface area contributed by atoms with Crippen molar-refractivity contribution in [2.45, 2.75) is 6.92 Å². The van der Waals surface area contributed by atoms with Crippen molar-refractivity contribution >= 4 is 0 Å². The molecule has 4 heteroatoms. The van der Waals surface area contributed by atoms with Crippen LogP contribution in [0.2, 0.25) is 0 Å². The van der Waals surface area contributed by atoms with Gasteiger partial charge in [-0.3, -0.25) is 10.4 Å². The fraction of sp³-hybridized carbons (Fsp3) is 1.00. The van der Waals surface area contributed by atoms with Gasteiger partial charge in [-0.25, -0.2) is 0 Å². The average molecular weight is 95.1 g/mol. The Labute approximate surface area is 35.8 Å². The van der Waals surface area contributed by atoms with Crippen LogP contribution in [0.1, 0.15) is 6.92 Å². The zero-order valence-corrected chi connectivity index (χ0v) is 3.55. The molecule has 0 saturated carbocycles. The molecule has 6 heavy (non-hydrogen) atoms. The molecule has 4 nitrogen and oxygen atoms in total. The van der Waals surface area contributed by atoms with Gasteiger partial charge < -0.3 is 5.48 Å². The molecule has 0 unspecified atom stereocenters. The number of hydrogen-bond donors (Lipinski definition) is 2. The third-order valence-electron chi connectivity index (χ3n) is 0.283. The lowest BCUT2D eigenvalue weighted by atomic mass is 10.8. The monoisotopic (exact) mass is 95.1 g/mol. The molecule has 0 aliphatic rings. The van der Waals surface area contributed by atoms with Crippen molar-refractivity contribution in [2.24, 2.45) is 0 Å². The highest BCUT2D eigenvalue weighted by molar-refractivity contribution is 4.04. The molecular formula is C2H9NO3. The molecule has 0 aromatic carbocycles. The summed E-state index contributed by atoms with van der Waals surface area (Å²) < 4.78 is 0. The summed E-state index contributed by atoms with van der Waals surface area (Å²) >= 11 is 0. The summed E-state index contributed by atoms with van der Waals surface area (Å²) in [6, 6.07) is 0. The van der Waals surface area contributed by atoms with Gasteiger partial charge in [-0.2, -0.15) is 0 Å². The minimum absolute atomic E-state index is 0. The van der Waals surface area contributed by atoms with Crippen LogP contribution in [0.4, 0.5) is 0 Å². The summed E-state index contributed by atoms with van der Waals surface area (Å²) in [5, 5.41) is 15.6. The van der Waals surface area contributed by atoms with Crippen molar-refractivity contribution < 1.29 is 15.9 Å². The Morgan fingerprint density at radius 2 is 1.67 bits per heavy atom. The fourth-order valence-electron chi connectivity index (χ4n) is 0. The number of hydroxylamine groups is 2. The Bertz CT molecular complexity index is 22.8. The molecule has 0 aromatic heterocycles. The molecule has 0 aromatic rings. The minimum atomic E-state index is 0. The number of hydrogen-bond acceptors (Lipinski definition) is 3. The molecule has 0 atom stereocenters. The maximum atomic E-state index is 7.75. The van der Waals surface area contributed by atoms with Crippen LogP contribution in [0.25, 0.3) is 0 Å². The molecule has 0 fully saturated rings. The van der Waals surface area contributed by atoms with Crippen molar-refractivity contribution in [2.75, 3.05) is 6.54 Å². The van der Waals surface area contributed by atoms with E-state index in [9.17, 15) is 0 Å². The van der Waals surface area contributed by atoms with Gasteiger partial charge in [-0.05, 0) is 6.92 Å². The molecule has 4 N–H and O–H groups in total. The number of rotatable bonds is 1. The van der Waals surface area contributed by atoms with Gasteiger partial charge in [-0.1, -0.05) is 5.23 Å². The Morgan fingerprint density at radius 1 is 1.50 bits per heavy atom. The lowest BCUT2D eigenvalue weighted by molar-refractivity contribution is -0.303. The van der Waals surface area contributed by atoms with Gasteiger partial charge in [0.15, 0.2) is 0 Å². The first-order valence-corrected chi connectivity index (χ1v) is 1.42. The summed E-state index contributed by atoms with van der Waals surface area (Å²) in [5.41, 5.74) is 0. The molecule has 0 radical (unpaired) electrons. The van der Waals surface area contributed by atoms with E-state index in [1.807, 2.05) is 0 Å². The normalized spacial score (nSPS) is 8.00. The van der Waals surface area contributed by atoms with Gasteiger partial charge in [0.25, 0.3) is 0 Å². The summed E-state index contributed by atoms with van der Waals surface area (Å²) in [6.07, 6.45) is 0. The lowest BCUT2D eigenvalue weighted by Gasteiger charge is -1.95. The lowest BCUT2D eigenvalue weighted by Crippen LogP contribution is -2.10. The van der Waals surface area contributed by atoms with E-state index in [-0.39, 0.29) is 17.2 Å². The van der Waals surface area contributed by atoms with Crippen molar-refractivity contribution in [3.05, 3.63) is 0 Å². The van der Waals surface area contributed by atoms with E-state index in [1.165, 1.54) is 0 Å². The van der Waals surface area contributed by atoms with Crippen LogP contribution < -0.4 is 0 Å². The van der Waals surface area contributed by atoms with Gasteiger partial charge in [0.1, 0.15) is 0 Å². The molecule has 0 aliphatic heterocycles. The molecule has 0 spiro atoms. The van der Waals surface area contributed by atoms with E-state index in [2.05, 4.69) is 0 Å². The summed E-state index contributed by atoms with van der Waals surface area (Å²) in [4.78, 5) is 0. The van der Waals surface area contributed by atoms with Crippen LogP contribution in [0, 0.1) is 0 Å². The molecule has 0 aliphatic carbocycles. The third kappa shape index (κ3) is 9.15. The number of nitrogens with zero attached hydrogens (tertiary/aromatic N) is 1. The van der Waals surface area contributed by atoms with Gasteiger partial charge in [0, 0.05) is 6.54 Å². The first-order chi connectivity index (χ1) is 2.27. The van der Waals surface area contributed by atoms with Gasteiger partial charge >= 0.3 is 0 Å². The SMILES string of the molecule is CCN(O)O.O. The zero-order valence-electron chi connectivity index (χ0n) is 3.55. The average Bonchev–Trinajstić information content (AvgIpc) is 1.38. The predicted molar refractivity (Wildman–Crippen MR) is 19.6 cm³/mol. The summed E-state index contributed by atoms with van der Waals surface area (Å²) in [5.74, 6) is 0. The Morgan fingerprint density at radius 3 is 1.67 bits per heavy atom.